The number of rotatable bonds is 3. The van der Waals surface area contributed by atoms with Gasteiger partial charge in [0.05, 0.1) is 11.0 Å². The highest BCUT2D eigenvalue weighted by Gasteiger charge is 2.28. The number of sulfonamides is 1. The average molecular weight is 298 g/mol. The van der Waals surface area contributed by atoms with Gasteiger partial charge in [0.1, 0.15) is 0 Å². The second-order valence-corrected chi connectivity index (χ2v) is 7.13. The lowest BCUT2D eigenvalue weighted by atomic mass is 10.1. The van der Waals surface area contributed by atoms with E-state index >= 15 is 0 Å². The van der Waals surface area contributed by atoms with E-state index in [1.54, 1.807) is 12.1 Å². The molecule has 1 unspecified atom stereocenters. The summed E-state index contributed by atoms with van der Waals surface area (Å²) < 4.78 is 32.4. The normalized spacial score (nSPS) is 21.6. The van der Waals surface area contributed by atoms with Crippen LogP contribution in [0.3, 0.4) is 0 Å². The maximum atomic E-state index is 12.7. The Morgan fingerprint density at radius 2 is 2.20 bits per heavy atom. The number of aryl methyl sites for hydroxylation is 1. The standard InChI is InChI=1S/C14H22N2O3S/c1-11-4-5-14(8-13(11)9-15)20(17,18)16-6-3-7-19-12(2)10-16/h4-5,8,12H,3,6-7,9-10,15H2,1-2H3. The second-order valence-electron chi connectivity index (χ2n) is 5.19. The van der Waals surface area contributed by atoms with E-state index in [0.717, 1.165) is 17.5 Å². The first-order chi connectivity index (χ1) is 9.45. The molecule has 1 aliphatic heterocycles. The molecule has 0 spiro atoms. The molecular weight excluding hydrogens is 276 g/mol. The predicted octanol–water partition coefficient (Wildman–Crippen LogP) is 1.25. The lowest BCUT2D eigenvalue weighted by Crippen LogP contribution is -2.36. The van der Waals surface area contributed by atoms with Crippen LogP contribution < -0.4 is 5.73 Å². The van der Waals surface area contributed by atoms with E-state index in [-0.39, 0.29) is 6.10 Å². The zero-order chi connectivity index (χ0) is 14.8. The predicted molar refractivity (Wildman–Crippen MR) is 77.9 cm³/mol. The van der Waals surface area contributed by atoms with Crippen molar-refractivity contribution in [3.63, 3.8) is 0 Å². The molecule has 112 valence electrons. The Bertz CT molecular complexity index is 572. The van der Waals surface area contributed by atoms with Gasteiger partial charge in [-0.05, 0) is 43.5 Å². The lowest BCUT2D eigenvalue weighted by Gasteiger charge is -2.22. The van der Waals surface area contributed by atoms with Gasteiger partial charge in [-0.3, -0.25) is 0 Å². The summed E-state index contributed by atoms with van der Waals surface area (Å²) in [6.07, 6.45) is 0.644. The Hall–Kier alpha value is -0.950. The molecule has 1 heterocycles. The van der Waals surface area contributed by atoms with Gasteiger partial charge in [-0.1, -0.05) is 6.07 Å². The maximum Gasteiger partial charge on any atom is 0.243 e. The van der Waals surface area contributed by atoms with E-state index in [9.17, 15) is 8.42 Å². The zero-order valence-electron chi connectivity index (χ0n) is 12.0. The third-order valence-electron chi connectivity index (χ3n) is 3.59. The van der Waals surface area contributed by atoms with E-state index in [1.807, 2.05) is 19.9 Å². The molecule has 0 aliphatic carbocycles. The van der Waals surface area contributed by atoms with Crippen LogP contribution in [0.2, 0.25) is 0 Å². The van der Waals surface area contributed by atoms with Crippen LogP contribution in [0.15, 0.2) is 23.1 Å². The van der Waals surface area contributed by atoms with Gasteiger partial charge in [0.15, 0.2) is 0 Å². The molecule has 2 rings (SSSR count). The van der Waals surface area contributed by atoms with Crippen molar-refractivity contribution in [2.45, 2.75) is 37.8 Å². The van der Waals surface area contributed by atoms with Crippen LogP contribution in [0.1, 0.15) is 24.5 Å². The van der Waals surface area contributed by atoms with Gasteiger partial charge in [0.2, 0.25) is 10.0 Å². The lowest BCUT2D eigenvalue weighted by molar-refractivity contribution is 0.0752. The first kappa shape index (κ1) is 15.4. The molecule has 1 aromatic rings. The fourth-order valence-electron chi connectivity index (χ4n) is 2.35. The van der Waals surface area contributed by atoms with Crippen LogP contribution >= 0.6 is 0 Å². The number of ether oxygens (including phenoxy) is 1. The summed E-state index contributed by atoms with van der Waals surface area (Å²) in [5.74, 6) is 0. The quantitative estimate of drug-likeness (QED) is 0.911. The number of nitrogens with two attached hydrogens (primary N) is 1. The third kappa shape index (κ3) is 3.20. The first-order valence-electron chi connectivity index (χ1n) is 6.86. The highest BCUT2D eigenvalue weighted by atomic mass is 32.2. The van der Waals surface area contributed by atoms with Gasteiger partial charge in [0, 0.05) is 26.2 Å². The van der Waals surface area contributed by atoms with Crippen molar-refractivity contribution in [3.8, 4) is 0 Å². The molecule has 1 aromatic carbocycles. The largest absolute Gasteiger partial charge is 0.377 e. The van der Waals surface area contributed by atoms with Gasteiger partial charge in [-0.15, -0.1) is 0 Å². The SMILES string of the molecule is Cc1ccc(S(=O)(=O)N2CCCOC(C)C2)cc1CN. The summed E-state index contributed by atoms with van der Waals surface area (Å²) in [6.45, 7) is 5.67. The summed E-state index contributed by atoms with van der Waals surface area (Å²) in [7, 11) is -3.47. The van der Waals surface area contributed by atoms with Crippen LogP contribution in [-0.4, -0.2) is 38.5 Å². The van der Waals surface area contributed by atoms with Crippen molar-refractivity contribution in [3.05, 3.63) is 29.3 Å². The molecule has 6 heteroatoms. The third-order valence-corrected chi connectivity index (χ3v) is 5.45. The monoisotopic (exact) mass is 298 g/mol. The van der Waals surface area contributed by atoms with Crippen molar-refractivity contribution in [2.75, 3.05) is 19.7 Å². The molecule has 0 saturated carbocycles. The van der Waals surface area contributed by atoms with E-state index in [4.69, 9.17) is 10.5 Å². The molecule has 20 heavy (non-hydrogen) atoms. The number of nitrogens with zero attached hydrogens (tertiary/aromatic N) is 1. The number of hydrogen-bond acceptors (Lipinski definition) is 4. The van der Waals surface area contributed by atoms with Gasteiger partial charge >= 0.3 is 0 Å². The summed E-state index contributed by atoms with van der Waals surface area (Å²) in [5.41, 5.74) is 7.54. The summed E-state index contributed by atoms with van der Waals surface area (Å²) in [5, 5.41) is 0. The van der Waals surface area contributed by atoms with E-state index < -0.39 is 10.0 Å². The first-order valence-corrected chi connectivity index (χ1v) is 8.30. The van der Waals surface area contributed by atoms with Crippen molar-refractivity contribution in [1.29, 1.82) is 0 Å². The Morgan fingerprint density at radius 1 is 1.45 bits per heavy atom. The van der Waals surface area contributed by atoms with Crippen molar-refractivity contribution in [2.24, 2.45) is 5.73 Å². The zero-order valence-corrected chi connectivity index (χ0v) is 12.8. The van der Waals surface area contributed by atoms with E-state index in [0.29, 0.717) is 31.1 Å². The van der Waals surface area contributed by atoms with Gasteiger partial charge < -0.3 is 10.5 Å². The molecule has 1 saturated heterocycles. The molecular formula is C14H22N2O3S. The topological polar surface area (TPSA) is 72.6 Å². The molecule has 0 amide bonds. The molecule has 0 radical (unpaired) electrons. The smallest absolute Gasteiger partial charge is 0.243 e. The fraction of sp³-hybridized carbons (Fsp3) is 0.571. The van der Waals surface area contributed by atoms with Crippen molar-refractivity contribution < 1.29 is 13.2 Å². The van der Waals surface area contributed by atoms with Crippen LogP contribution in [0, 0.1) is 6.92 Å². The van der Waals surface area contributed by atoms with E-state index in [1.165, 1.54) is 4.31 Å². The molecule has 0 aromatic heterocycles. The molecule has 1 atom stereocenters. The Balaban J connectivity index is 2.33. The molecule has 0 bridgehead atoms. The van der Waals surface area contributed by atoms with Crippen LogP contribution in [0.5, 0.6) is 0 Å². The van der Waals surface area contributed by atoms with Gasteiger partial charge in [-0.25, -0.2) is 8.42 Å². The fourth-order valence-corrected chi connectivity index (χ4v) is 3.96. The second kappa shape index (κ2) is 6.22. The molecule has 5 nitrogen and oxygen atoms in total. The minimum absolute atomic E-state index is 0.0771. The summed E-state index contributed by atoms with van der Waals surface area (Å²) >= 11 is 0. The average Bonchev–Trinajstić information content (AvgIpc) is 2.64. The minimum Gasteiger partial charge on any atom is -0.377 e. The summed E-state index contributed by atoms with van der Waals surface area (Å²) in [6, 6.07) is 5.15. The Kier molecular flexibility index (Phi) is 4.80. The molecule has 1 fully saturated rings. The van der Waals surface area contributed by atoms with Crippen LogP contribution in [0.4, 0.5) is 0 Å². The van der Waals surface area contributed by atoms with Crippen LogP contribution in [-0.2, 0) is 21.3 Å². The minimum atomic E-state index is -3.47. The summed E-state index contributed by atoms with van der Waals surface area (Å²) in [4.78, 5) is 0.317. The highest BCUT2D eigenvalue weighted by molar-refractivity contribution is 7.89. The number of hydrogen-bond donors (Lipinski definition) is 1. The van der Waals surface area contributed by atoms with Crippen molar-refractivity contribution >= 4 is 10.0 Å². The molecule has 1 aliphatic rings. The highest BCUT2D eigenvalue weighted by Crippen LogP contribution is 2.21. The van der Waals surface area contributed by atoms with Crippen LogP contribution in [0.25, 0.3) is 0 Å². The van der Waals surface area contributed by atoms with Gasteiger partial charge in [-0.2, -0.15) is 4.31 Å². The van der Waals surface area contributed by atoms with E-state index in [2.05, 4.69) is 0 Å². The maximum absolute atomic E-state index is 12.7. The Labute approximate surface area is 120 Å². The number of benzene rings is 1. The molecule has 2 N–H and O–H groups in total. The Morgan fingerprint density at radius 3 is 2.90 bits per heavy atom. The van der Waals surface area contributed by atoms with Crippen molar-refractivity contribution in [1.82, 2.24) is 4.31 Å². The van der Waals surface area contributed by atoms with Gasteiger partial charge in [0.25, 0.3) is 0 Å².